The molecule has 2 rings (SSSR count). The monoisotopic (exact) mass is 371 g/mol. The Morgan fingerprint density at radius 2 is 1.92 bits per heavy atom. The van der Waals surface area contributed by atoms with Crippen LogP contribution in [-0.4, -0.2) is 29.8 Å². The molecular weight excluding hydrogens is 346 g/mol. The fraction of sp³-hybridized carbons (Fsp3) is 0.333. The Balaban J connectivity index is 1.65. The van der Waals surface area contributed by atoms with Gasteiger partial charge in [0.1, 0.15) is 5.75 Å². The molecule has 0 bridgehead atoms. The van der Waals surface area contributed by atoms with E-state index in [9.17, 15) is 9.59 Å². The minimum Gasteiger partial charge on any atom is -0.493 e. The first-order valence-electron chi connectivity index (χ1n) is 8.64. The highest BCUT2D eigenvalue weighted by molar-refractivity contribution is 7.99. The Morgan fingerprint density at radius 3 is 2.69 bits per heavy atom. The van der Waals surface area contributed by atoms with E-state index >= 15 is 0 Å². The van der Waals surface area contributed by atoms with Gasteiger partial charge in [-0.1, -0.05) is 24.3 Å². The molecule has 4 nitrogen and oxygen atoms in total. The van der Waals surface area contributed by atoms with Gasteiger partial charge in [0.25, 0.3) is 0 Å². The van der Waals surface area contributed by atoms with Crippen LogP contribution in [0.1, 0.15) is 34.8 Å². The number of rotatable bonds is 9. The number of aryl methyl sites for hydroxylation is 2. The lowest BCUT2D eigenvalue weighted by Gasteiger charge is -2.10. The molecule has 0 spiro atoms. The smallest absolute Gasteiger partial charge is 0.234 e. The molecule has 0 aliphatic rings. The number of ketones is 1. The summed E-state index contributed by atoms with van der Waals surface area (Å²) in [5.74, 6) is 2.09. The number of amides is 1. The third-order valence-corrected chi connectivity index (χ3v) is 4.86. The van der Waals surface area contributed by atoms with Crippen molar-refractivity contribution < 1.29 is 14.3 Å². The number of hydrogen-bond acceptors (Lipinski definition) is 4. The summed E-state index contributed by atoms with van der Waals surface area (Å²) in [6.45, 7) is 6.23. The molecule has 1 amide bonds. The van der Waals surface area contributed by atoms with Gasteiger partial charge >= 0.3 is 0 Å². The molecule has 138 valence electrons. The number of ether oxygens (including phenoxy) is 1. The van der Waals surface area contributed by atoms with Crippen LogP contribution in [0.2, 0.25) is 0 Å². The van der Waals surface area contributed by atoms with Gasteiger partial charge in [0.2, 0.25) is 5.91 Å². The number of carbonyl (C=O) groups excluding carboxylic acids is 2. The fourth-order valence-electron chi connectivity index (χ4n) is 2.38. The molecule has 0 saturated carbocycles. The zero-order valence-corrected chi connectivity index (χ0v) is 16.3. The van der Waals surface area contributed by atoms with Gasteiger partial charge in [-0.2, -0.15) is 11.8 Å². The zero-order chi connectivity index (χ0) is 18.9. The lowest BCUT2D eigenvalue weighted by Crippen LogP contribution is -2.15. The first kappa shape index (κ1) is 20.0. The summed E-state index contributed by atoms with van der Waals surface area (Å²) in [7, 11) is 0. The van der Waals surface area contributed by atoms with Crippen LogP contribution in [-0.2, 0) is 4.79 Å². The number of hydrogen-bond donors (Lipinski definition) is 1. The Bertz CT molecular complexity index is 774. The largest absolute Gasteiger partial charge is 0.493 e. The highest BCUT2D eigenvalue weighted by Gasteiger charge is 2.05. The molecule has 0 radical (unpaired) electrons. The Morgan fingerprint density at radius 1 is 1.12 bits per heavy atom. The molecular formula is C21H25NO3S. The van der Waals surface area contributed by atoms with Gasteiger partial charge in [-0.25, -0.2) is 0 Å². The van der Waals surface area contributed by atoms with E-state index in [-0.39, 0.29) is 11.7 Å². The van der Waals surface area contributed by atoms with Gasteiger partial charge in [-0.05, 0) is 62.3 Å². The van der Waals surface area contributed by atoms with Crippen molar-refractivity contribution in [3.63, 3.8) is 0 Å². The molecule has 0 saturated heterocycles. The number of benzene rings is 2. The van der Waals surface area contributed by atoms with Crippen molar-refractivity contribution in [1.82, 2.24) is 0 Å². The van der Waals surface area contributed by atoms with Crippen molar-refractivity contribution in [2.75, 3.05) is 23.4 Å². The van der Waals surface area contributed by atoms with E-state index in [0.717, 1.165) is 23.5 Å². The molecule has 2 aromatic rings. The van der Waals surface area contributed by atoms with Gasteiger partial charge < -0.3 is 10.1 Å². The summed E-state index contributed by atoms with van der Waals surface area (Å²) in [6.07, 6.45) is 0.880. The van der Waals surface area contributed by atoms with E-state index in [1.54, 1.807) is 36.0 Å². The normalized spacial score (nSPS) is 10.4. The molecule has 0 aliphatic carbocycles. The predicted octanol–water partition coefficient (Wildman–Crippen LogP) is 4.65. The maximum atomic E-state index is 12.0. The quantitative estimate of drug-likeness (QED) is 0.515. The molecule has 0 unspecified atom stereocenters. The first-order chi connectivity index (χ1) is 12.5. The fourth-order valence-corrected chi connectivity index (χ4v) is 3.11. The van der Waals surface area contributed by atoms with Crippen LogP contribution in [0.25, 0.3) is 0 Å². The number of thioether (sulfide) groups is 1. The molecule has 5 heteroatoms. The number of carbonyl (C=O) groups is 2. The highest BCUT2D eigenvalue weighted by atomic mass is 32.2. The Labute approximate surface area is 159 Å². The summed E-state index contributed by atoms with van der Waals surface area (Å²) in [5, 5.41) is 2.82. The molecule has 0 fully saturated rings. The SMILES string of the molecule is CC(=O)c1cccc(NC(=O)CSCCCOc2cc(C)ccc2C)c1. The van der Waals surface area contributed by atoms with E-state index < -0.39 is 0 Å². The van der Waals surface area contributed by atoms with E-state index in [1.807, 2.05) is 19.9 Å². The lowest BCUT2D eigenvalue weighted by atomic mass is 10.1. The van der Waals surface area contributed by atoms with Crippen molar-refractivity contribution in [2.24, 2.45) is 0 Å². The number of nitrogens with one attached hydrogen (secondary N) is 1. The second kappa shape index (κ2) is 10.0. The number of anilines is 1. The lowest BCUT2D eigenvalue weighted by molar-refractivity contribution is -0.113. The topological polar surface area (TPSA) is 55.4 Å². The summed E-state index contributed by atoms with van der Waals surface area (Å²) >= 11 is 1.57. The van der Waals surface area contributed by atoms with Crippen molar-refractivity contribution in [3.8, 4) is 5.75 Å². The van der Waals surface area contributed by atoms with Crippen molar-refractivity contribution in [1.29, 1.82) is 0 Å². The second-order valence-corrected chi connectivity index (χ2v) is 7.31. The minimum absolute atomic E-state index is 0.0145. The first-order valence-corrected chi connectivity index (χ1v) is 9.80. The minimum atomic E-state index is -0.0638. The van der Waals surface area contributed by atoms with Gasteiger partial charge in [-0.3, -0.25) is 9.59 Å². The molecule has 0 aromatic heterocycles. The summed E-state index contributed by atoms with van der Waals surface area (Å²) in [6, 6.07) is 13.2. The van der Waals surface area contributed by atoms with Crippen molar-refractivity contribution >= 4 is 29.1 Å². The van der Waals surface area contributed by atoms with Crippen LogP contribution in [0.4, 0.5) is 5.69 Å². The Kier molecular flexibility index (Phi) is 7.73. The van der Waals surface area contributed by atoms with Crippen LogP contribution < -0.4 is 10.1 Å². The number of Topliss-reactive ketones (excluding diaryl/α,β-unsaturated/α-hetero) is 1. The Hall–Kier alpha value is -2.27. The van der Waals surface area contributed by atoms with E-state index in [4.69, 9.17) is 4.74 Å². The van der Waals surface area contributed by atoms with Gasteiger partial charge in [0.15, 0.2) is 5.78 Å². The van der Waals surface area contributed by atoms with Crippen LogP contribution >= 0.6 is 11.8 Å². The van der Waals surface area contributed by atoms with Crippen molar-refractivity contribution in [2.45, 2.75) is 27.2 Å². The third-order valence-electron chi connectivity index (χ3n) is 3.82. The molecule has 0 atom stereocenters. The molecule has 2 aromatic carbocycles. The second-order valence-electron chi connectivity index (χ2n) is 6.21. The maximum Gasteiger partial charge on any atom is 0.234 e. The standard InChI is InChI=1S/C21H25NO3S/c1-15-8-9-16(2)20(12-15)25-10-5-11-26-14-21(24)22-19-7-4-6-18(13-19)17(3)23/h4,6-9,12-13H,5,10-11,14H2,1-3H3,(H,22,24). The van der Waals surface area contributed by atoms with Crippen LogP contribution in [0.3, 0.4) is 0 Å². The van der Waals surface area contributed by atoms with Gasteiger partial charge in [0, 0.05) is 11.3 Å². The summed E-state index contributed by atoms with van der Waals surface area (Å²) in [5.41, 5.74) is 3.57. The summed E-state index contributed by atoms with van der Waals surface area (Å²) < 4.78 is 5.81. The van der Waals surface area contributed by atoms with E-state index in [2.05, 4.69) is 17.4 Å². The predicted molar refractivity (Wildman–Crippen MR) is 108 cm³/mol. The van der Waals surface area contributed by atoms with Crippen LogP contribution in [0.15, 0.2) is 42.5 Å². The van der Waals surface area contributed by atoms with Crippen molar-refractivity contribution in [3.05, 3.63) is 59.2 Å². The average molecular weight is 372 g/mol. The molecule has 1 N–H and O–H groups in total. The molecule has 0 heterocycles. The van der Waals surface area contributed by atoms with Gasteiger partial charge in [0.05, 0.1) is 12.4 Å². The van der Waals surface area contributed by atoms with Crippen LogP contribution in [0, 0.1) is 13.8 Å². The van der Waals surface area contributed by atoms with E-state index in [1.165, 1.54) is 12.5 Å². The van der Waals surface area contributed by atoms with Crippen LogP contribution in [0.5, 0.6) is 5.75 Å². The molecule has 0 aliphatic heterocycles. The van der Waals surface area contributed by atoms with E-state index in [0.29, 0.717) is 23.6 Å². The van der Waals surface area contributed by atoms with Gasteiger partial charge in [-0.15, -0.1) is 0 Å². The summed E-state index contributed by atoms with van der Waals surface area (Å²) in [4.78, 5) is 23.4. The highest BCUT2D eigenvalue weighted by Crippen LogP contribution is 2.19. The zero-order valence-electron chi connectivity index (χ0n) is 15.5. The average Bonchev–Trinajstić information content (AvgIpc) is 2.61. The molecule has 26 heavy (non-hydrogen) atoms. The maximum absolute atomic E-state index is 12.0. The third kappa shape index (κ3) is 6.56.